The SMILES string of the molecule is O=C(Nc1cccc([N+](=O)[O-])c1)c1ccccc1-c1nc(-c2ccc(F)cc2)no1. The molecule has 1 N–H and O–H groups in total. The van der Waals surface area contributed by atoms with Gasteiger partial charge in [0.1, 0.15) is 5.82 Å². The molecule has 1 amide bonds. The van der Waals surface area contributed by atoms with Crippen molar-refractivity contribution in [2.24, 2.45) is 0 Å². The van der Waals surface area contributed by atoms with E-state index in [2.05, 4.69) is 15.5 Å². The lowest BCUT2D eigenvalue weighted by atomic mass is 10.1. The first-order chi connectivity index (χ1) is 14.5. The topological polar surface area (TPSA) is 111 Å². The molecule has 148 valence electrons. The molecule has 0 bridgehead atoms. The van der Waals surface area contributed by atoms with Gasteiger partial charge in [-0.2, -0.15) is 4.98 Å². The molecule has 0 saturated carbocycles. The fraction of sp³-hybridized carbons (Fsp3) is 0. The van der Waals surface area contributed by atoms with Crippen LogP contribution in [0.5, 0.6) is 0 Å². The van der Waals surface area contributed by atoms with Crippen LogP contribution in [0, 0.1) is 15.9 Å². The first-order valence-electron chi connectivity index (χ1n) is 8.76. The van der Waals surface area contributed by atoms with Crippen LogP contribution >= 0.6 is 0 Å². The first kappa shape index (κ1) is 18.9. The average molecular weight is 404 g/mol. The van der Waals surface area contributed by atoms with Crippen molar-refractivity contribution in [3.63, 3.8) is 0 Å². The Kier molecular flexibility index (Phi) is 5.00. The van der Waals surface area contributed by atoms with Gasteiger partial charge in [0, 0.05) is 23.4 Å². The van der Waals surface area contributed by atoms with E-state index in [0.29, 0.717) is 11.1 Å². The highest BCUT2D eigenvalue weighted by atomic mass is 19.1. The van der Waals surface area contributed by atoms with Crippen molar-refractivity contribution in [2.45, 2.75) is 0 Å². The molecule has 1 aromatic heterocycles. The van der Waals surface area contributed by atoms with Crippen LogP contribution in [0.3, 0.4) is 0 Å². The minimum atomic E-state index is -0.543. The summed E-state index contributed by atoms with van der Waals surface area (Å²) in [7, 11) is 0. The van der Waals surface area contributed by atoms with E-state index in [1.807, 2.05) is 0 Å². The molecule has 4 aromatic rings. The molecule has 0 radical (unpaired) electrons. The number of anilines is 1. The molecule has 0 unspecified atom stereocenters. The van der Waals surface area contributed by atoms with Gasteiger partial charge in [-0.25, -0.2) is 4.39 Å². The van der Waals surface area contributed by atoms with E-state index in [1.54, 1.807) is 30.3 Å². The van der Waals surface area contributed by atoms with Crippen molar-refractivity contribution >= 4 is 17.3 Å². The Hall–Kier alpha value is -4.40. The molecular weight excluding hydrogens is 391 g/mol. The predicted octanol–water partition coefficient (Wildman–Crippen LogP) is 4.70. The summed E-state index contributed by atoms with van der Waals surface area (Å²) in [5, 5.41) is 17.5. The predicted molar refractivity (Wildman–Crippen MR) is 106 cm³/mol. The van der Waals surface area contributed by atoms with E-state index in [-0.39, 0.29) is 34.5 Å². The van der Waals surface area contributed by atoms with Crippen LogP contribution in [0.25, 0.3) is 22.8 Å². The molecule has 30 heavy (non-hydrogen) atoms. The van der Waals surface area contributed by atoms with Crippen LogP contribution in [-0.2, 0) is 0 Å². The minimum Gasteiger partial charge on any atom is -0.334 e. The molecule has 8 nitrogen and oxygen atoms in total. The third-order valence-electron chi connectivity index (χ3n) is 4.25. The van der Waals surface area contributed by atoms with E-state index in [1.165, 1.54) is 42.5 Å². The number of rotatable bonds is 5. The Labute approximate surface area is 169 Å². The van der Waals surface area contributed by atoms with Gasteiger partial charge in [-0.1, -0.05) is 23.4 Å². The zero-order valence-corrected chi connectivity index (χ0v) is 15.3. The lowest BCUT2D eigenvalue weighted by molar-refractivity contribution is -0.384. The largest absolute Gasteiger partial charge is 0.334 e. The Morgan fingerprint density at radius 3 is 2.57 bits per heavy atom. The maximum Gasteiger partial charge on any atom is 0.271 e. The number of hydrogen-bond acceptors (Lipinski definition) is 6. The Balaban J connectivity index is 1.63. The van der Waals surface area contributed by atoms with Gasteiger partial charge in [-0.05, 0) is 42.5 Å². The van der Waals surface area contributed by atoms with Gasteiger partial charge in [0.05, 0.1) is 16.1 Å². The van der Waals surface area contributed by atoms with Crippen molar-refractivity contribution in [2.75, 3.05) is 5.32 Å². The molecule has 0 aliphatic carbocycles. The van der Waals surface area contributed by atoms with Crippen molar-refractivity contribution < 1.29 is 18.6 Å². The first-order valence-corrected chi connectivity index (χ1v) is 8.76. The number of carbonyl (C=O) groups excluding carboxylic acids is 1. The lowest BCUT2D eigenvalue weighted by Crippen LogP contribution is -2.13. The second-order valence-electron chi connectivity index (χ2n) is 6.24. The summed E-state index contributed by atoms with van der Waals surface area (Å²) in [6.07, 6.45) is 0. The van der Waals surface area contributed by atoms with Crippen molar-refractivity contribution in [3.05, 3.63) is 94.3 Å². The monoisotopic (exact) mass is 404 g/mol. The number of amides is 1. The van der Waals surface area contributed by atoms with Gasteiger partial charge < -0.3 is 9.84 Å². The quantitative estimate of drug-likeness (QED) is 0.381. The molecule has 0 aliphatic rings. The summed E-state index contributed by atoms with van der Waals surface area (Å²) in [5.41, 5.74) is 1.34. The molecule has 9 heteroatoms. The molecule has 1 heterocycles. The number of nitro groups is 1. The van der Waals surface area contributed by atoms with Crippen LogP contribution < -0.4 is 5.32 Å². The zero-order valence-electron chi connectivity index (χ0n) is 15.3. The van der Waals surface area contributed by atoms with Gasteiger partial charge in [0.25, 0.3) is 17.5 Å². The van der Waals surface area contributed by atoms with Gasteiger partial charge in [-0.15, -0.1) is 0 Å². The number of nitrogens with one attached hydrogen (secondary N) is 1. The molecule has 0 saturated heterocycles. The molecule has 0 aliphatic heterocycles. The van der Waals surface area contributed by atoms with Crippen molar-refractivity contribution in [1.29, 1.82) is 0 Å². The molecule has 0 atom stereocenters. The molecule has 0 spiro atoms. The summed E-state index contributed by atoms with van der Waals surface area (Å²) in [5.74, 6) is -0.517. The van der Waals surface area contributed by atoms with Crippen LogP contribution in [0.2, 0.25) is 0 Å². The number of carbonyl (C=O) groups is 1. The highest BCUT2D eigenvalue weighted by Crippen LogP contribution is 2.26. The molecule has 4 rings (SSSR count). The number of nitrogens with zero attached hydrogens (tertiary/aromatic N) is 3. The maximum atomic E-state index is 13.1. The summed E-state index contributed by atoms with van der Waals surface area (Å²) < 4.78 is 18.4. The number of nitro benzene ring substituents is 1. The van der Waals surface area contributed by atoms with Gasteiger partial charge in [0.15, 0.2) is 0 Å². The normalized spacial score (nSPS) is 10.6. The molecular formula is C21H13FN4O4. The zero-order chi connectivity index (χ0) is 21.1. The van der Waals surface area contributed by atoms with E-state index >= 15 is 0 Å². The number of aromatic nitrogens is 2. The van der Waals surface area contributed by atoms with Crippen LogP contribution in [0.15, 0.2) is 77.3 Å². The van der Waals surface area contributed by atoms with Crippen LogP contribution in [0.1, 0.15) is 10.4 Å². The lowest BCUT2D eigenvalue weighted by Gasteiger charge is -2.07. The van der Waals surface area contributed by atoms with Crippen molar-refractivity contribution in [3.8, 4) is 22.8 Å². The molecule has 0 fully saturated rings. The summed E-state index contributed by atoms with van der Waals surface area (Å²) in [6, 6.07) is 17.8. The van der Waals surface area contributed by atoms with Gasteiger partial charge >= 0.3 is 0 Å². The molecule has 3 aromatic carbocycles. The van der Waals surface area contributed by atoms with E-state index in [9.17, 15) is 19.3 Å². The van der Waals surface area contributed by atoms with E-state index in [4.69, 9.17) is 4.52 Å². The number of non-ortho nitro benzene ring substituents is 1. The third-order valence-corrected chi connectivity index (χ3v) is 4.25. The number of halogens is 1. The van der Waals surface area contributed by atoms with Crippen LogP contribution in [0.4, 0.5) is 15.8 Å². The van der Waals surface area contributed by atoms with Crippen molar-refractivity contribution in [1.82, 2.24) is 10.1 Å². The van der Waals surface area contributed by atoms with E-state index in [0.717, 1.165) is 0 Å². The highest BCUT2D eigenvalue weighted by Gasteiger charge is 2.19. The van der Waals surface area contributed by atoms with Gasteiger partial charge in [-0.3, -0.25) is 14.9 Å². The van der Waals surface area contributed by atoms with Crippen LogP contribution in [-0.4, -0.2) is 21.0 Å². The Bertz CT molecular complexity index is 1240. The summed E-state index contributed by atoms with van der Waals surface area (Å²) in [6.45, 7) is 0. The Morgan fingerprint density at radius 1 is 1.03 bits per heavy atom. The second-order valence-corrected chi connectivity index (χ2v) is 6.24. The standard InChI is InChI=1S/C21H13FN4O4/c22-14-10-8-13(9-11-14)19-24-21(30-25-19)18-7-2-1-6-17(18)20(27)23-15-4-3-5-16(12-15)26(28)29/h1-12H,(H,23,27). The summed E-state index contributed by atoms with van der Waals surface area (Å²) in [4.78, 5) is 27.5. The number of hydrogen-bond donors (Lipinski definition) is 1. The van der Waals surface area contributed by atoms with E-state index < -0.39 is 10.8 Å². The summed E-state index contributed by atoms with van der Waals surface area (Å²) >= 11 is 0. The maximum absolute atomic E-state index is 13.1. The smallest absolute Gasteiger partial charge is 0.271 e. The second kappa shape index (κ2) is 7.92. The fourth-order valence-electron chi connectivity index (χ4n) is 2.81. The Morgan fingerprint density at radius 2 is 1.80 bits per heavy atom. The fourth-order valence-corrected chi connectivity index (χ4v) is 2.81. The number of benzene rings is 3. The van der Waals surface area contributed by atoms with Gasteiger partial charge in [0.2, 0.25) is 5.82 Å². The highest BCUT2D eigenvalue weighted by molar-refractivity contribution is 6.08. The third kappa shape index (κ3) is 3.90. The average Bonchev–Trinajstić information content (AvgIpc) is 3.24. The minimum absolute atomic E-state index is 0.110.